The third-order valence-electron chi connectivity index (χ3n) is 3.85. The zero-order valence-electron chi connectivity index (χ0n) is 14.4. The summed E-state index contributed by atoms with van der Waals surface area (Å²) in [6.07, 6.45) is 0.457. The Morgan fingerprint density at radius 3 is 2.58 bits per heavy atom. The summed E-state index contributed by atoms with van der Waals surface area (Å²) in [5, 5.41) is 4.54. The van der Waals surface area contributed by atoms with E-state index in [1.54, 1.807) is 30.3 Å². The van der Waals surface area contributed by atoms with Gasteiger partial charge in [-0.25, -0.2) is 8.42 Å². The first-order valence-electron chi connectivity index (χ1n) is 7.93. The normalized spacial score (nSPS) is 11.8. The molecule has 0 fully saturated rings. The zero-order chi connectivity index (χ0) is 18.7. The zero-order valence-corrected chi connectivity index (χ0v) is 16.0. The van der Waals surface area contributed by atoms with Crippen molar-refractivity contribution in [2.24, 2.45) is 0 Å². The number of hydrogen-bond donors (Lipinski definition) is 0. The van der Waals surface area contributed by atoms with Gasteiger partial charge >= 0.3 is 0 Å². The predicted octanol–water partition coefficient (Wildman–Crippen LogP) is 3.44. The molecule has 0 N–H and O–H groups in total. The maximum atomic E-state index is 12.6. The number of sulfonamides is 1. The Labute approximate surface area is 157 Å². The first kappa shape index (κ1) is 18.6. The molecule has 3 rings (SSSR count). The van der Waals surface area contributed by atoms with E-state index in [1.165, 1.54) is 11.4 Å². The minimum atomic E-state index is -3.62. The monoisotopic (exact) mass is 391 g/mol. The number of rotatable bonds is 6. The third-order valence-corrected chi connectivity index (χ3v) is 5.90. The number of benzene rings is 2. The van der Waals surface area contributed by atoms with Crippen LogP contribution in [0.4, 0.5) is 0 Å². The van der Waals surface area contributed by atoms with Crippen molar-refractivity contribution in [3.05, 3.63) is 76.4 Å². The van der Waals surface area contributed by atoms with Crippen LogP contribution in [0.2, 0.25) is 5.02 Å². The summed E-state index contributed by atoms with van der Waals surface area (Å²) in [5.74, 6) is 0.712. The van der Waals surface area contributed by atoms with E-state index in [9.17, 15) is 8.42 Å². The highest BCUT2D eigenvalue weighted by atomic mass is 35.5. The number of halogens is 1. The molecule has 3 aromatic rings. The minimum absolute atomic E-state index is 0.00123. The van der Waals surface area contributed by atoms with Crippen LogP contribution in [-0.2, 0) is 23.0 Å². The predicted molar refractivity (Wildman–Crippen MR) is 98.4 cm³/mol. The topological polar surface area (TPSA) is 76.3 Å². The lowest BCUT2D eigenvalue weighted by atomic mass is 10.1. The highest BCUT2D eigenvalue weighted by Gasteiger charge is 2.23. The quantitative estimate of drug-likeness (QED) is 0.643. The molecule has 0 atom stereocenters. The molecule has 1 aromatic heterocycles. The van der Waals surface area contributed by atoms with Crippen LogP contribution in [0.5, 0.6) is 0 Å². The molecule has 8 heteroatoms. The summed E-state index contributed by atoms with van der Waals surface area (Å²) in [4.78, 5) is 4.50. The van der Waals surface area contributed by atoms with E-state index in [2.05, 4.69) is 10.1 Å². The van der Waals surface area contributed by atoms with E-state index in [0.717, 1.165) is 11.1 Å². The molecule has 0 saturated heterocycles. The fourth-order valence-electron chi connectivity index (χ4n) is 2.42. The van der Waals surface area contributed by atoms with Gasteiger partial charge in [0.15, 0.2) is 5.82 Å². The largest absolute Gasteiger partial charge is 0.338 e. The fraction of sp³-hybridized carbons (Fsp3) is 0.222. The molecule has 1 heterocycles. The van der Waals surface area contributed by atoms with Crippen LogP contribution in [-0.4, -0.2) is 29.9 Å². The summed E-state index contributed by atoms with van der Waals surface area (Å²) in [5.41, 5.74) is 1.94. The highest BCUT2D eigenvalue weighted by molar-refractivity contribution is 7.89. The van der Waals surface area contributed by atoms with Gasteiger partial charge in [-0.3, -0.25) is 0 Å². The van der Waals surface area contributed by atoms with Crippen LogP contribution < -0.4 is 0 Å². The van der Waals surface area contributed by atoms with Crippen molar-refractivity contribution < 1.29 is 12.9 Å². The van der Waals surface area contributed by atoms with Crippen molar-refractivity contribution in [1.82, 2.24) is 14.4 Å². The number of aryl methyl sites for hydroxylation is 1. The smallest absolute Gasteiger partial charge is 0.243 e. The standard InChI is InChI=1S/C18H18ClN3O3S/c1-13-6-8-16(9-7-13)26(23,24)22(2)12-18-20-17(21-25-18)11-14-4-3-5-15(19)10-14/h3-10H,11-12H2,1-2H3. The second-order valence-electron chi connectivity index (χ2n) is 5.99. The summed E-state index contributed by atoms with van der Waals surface area (Å²) in [6.45, 7) is 1.90. The van der Waals surface area contributed by atoms with Crippen molar-refractivity contribution in [3.63, 3.8) is 0 Å². The average Bonchev–Trinajstić information content (AvgIpc) is 3.02. The van der Waals surface area contributed by atoms with Crippen LogP contribution in [0.25, 0.3) is 0 Å². The molecular weight excluding hydrogens is 374 g/mol. The van der Waals surface area contributed by atoms with Gasteiger partial charge in [-0.1, -0.05) is 46.6 Å². The van der Waals surface area contributed by atoms with Crippen LogP contribution >= 0.6 is 11.6 Å². The maximum absolute atomic E-state index is 12.6. The maximum Gasteiger partial charge on any atom is 0.243 e. The minimum Gasteiger partial charge on any atom is -0.338 e. The molecule has 0 aliphatic heterocycles. The van der Waals surface area contributed by atoms with Gasteiger partial charge in [0, 0.05) is 18.5 Å². The van der Waals surface area contributed by atoms with Gasteiger partial charge in [-0.2, -0.15) is 9.29 Å². The van der Waals surface area contributed by atoms with Crippen LogP contribution in [0.1, 0.15) is 22.8 Å². The molecule has 0 aliphatic rings. The number of hydrogen-bond acceptors (Lipinski definition) is 5. The van der Waals surface area contributed by atoms with Gasteiger partial charge in [0.25, 0.3) is 0 Å². The van der Waals surface area contributed by atoms with E-state index in [1.807, 2.05) is 25.1 Å². The van der Waals surface area contributed by atoms with Gasteiger partial charge in [-0.05, 0) is 36.8 Å². The van der Waals surface area contributed by atoms with Crippen molar-refractivity contribution in [2.75, 3.05) is 7.05 Å². The SMILES string of the molecule is Cc1ccc(S(=O)(=O)N(C)Cc2nc(Cc3cccc(Cl)c3)no2)cc1. The van der Waals surface area contributed by atoms with E-state index in [0.29, 0.717) is 17.3 Å². The molecule has 0 amide bonds. The Balaban J connectivity index is 1.71. The Hall–Kier alpha value is -2.22. The highest BCUT2D eigenvalue weighted by Crippen LogP contribution is 2.18. The van der Waals surface area contributed by atoms with E-state index >= 15 is 0 Å². The average molecular weight is 392 g/mol. The summed E-state index contributed by atoms with van der Waals surface area (Å²) in [6, 6.07) is 14.1. The van der Waals surface area contributed by atoms with Crippen molar-refractivity contribution >= 4 is 21.6 Å². The first-order valence-corrected chi connectivity index (χ1v) is 9.75. The lowest BCUT2D eigenvalue weighted by Gasteiger charge is -2.15. The lowest BCUT2D eigenvalue weighted by Crippen LogP contribution is -2.26. The van der Waals surface area contributed by atoms with E-state index in [-0.39, 0.29) is 17.3 Å². The third kappa shape index (κ3) is 4.30. The molecule has 0 unspecified atom stereocenters. The Kier molecular flexibility index (Phi) is 5.41. The molecule has 2 aromatic carbocycles. The van der Waals surface area contributed by atoms with Crippen LogP contribution in [0, 0.1) is 6.92 Å². The van der Waals surface area contributed by atoms with Gasteiger partial charge in [0.1, 0.15) is 0 Å². The van der Waals surface area contributed by atoms with Crippen LogP contribution in [0.3, 0.4) is 0 Å². The summed E-state index contributed by atoms with van der Waals surface area (Å²) >= 11 is 5.97. The van der Waals surface area contributed by atoms with Gasteiger partial charge in [-0.15, -0.1) is 0 Å². The Morgan fingerprint density at radius 2 is 1.88 bits per heavy atom. The first-order chi connectivity index (χ1) is 12.3. The van der Waals surface area contributed by atoms with E-state index in [4.69, 9.17) is 16.1 Å². The molecule has 0 saturated carbocycles. The second-order valence-corrected chi connectivity index (χ2v) is 8.47. The number of aromatic nitrogens is 2. The van der Waals surface area contributed by atoms with Crippen LogP contribution in [0.15, 0.2) is 57.9 Å². The number of nitrogens with zero attached hydrogens (tertiary/aromatic N) is 3. The molecule has 0 radical (unpaired) electrons. The fourth-order valence-corrected chi connectivity index (χ4v) is 3.75. The second kappa shape index (κ2) is 7.57. The summed E-state index contributed by atoms with van der Waals surface area (Å²) in [7, 11) is -2.14. The Morgan fingerprint density at radius 1 is 1.15 bits per heavy atom. The van der Waals surface area contributed by atoms with Gasteiger partial charge in [0.05, 0.1) is 11.4 Å². The summed E-state index contributed by atoms with van der Waals surface area (Å²) < 4.78 is 31.6. The van der Waals surface area contributed by atoms with E-state index < -0.39 is 10.0 Å². The molecule has 0 aliphatic carbocycles. The van der Waals surface area contributed by atoms with Crippen molar-refractivity contribution in [2.45, 2.75) is 24.8 Å². The molecule has 26 heavy (non-hydrogen) atoms. The molecular formula is C18H18ClN3O3S. The Bertz CT molecular complexity index is 1000. The van der Waals surface area contributed by atoms with Gasteiger partial charge in [0.2, 0.25) is 15.9 Å². The van der Waals surface area contributed by atoms with Gasteiger partial charge < -0.3 is 4.52 Å². The van der Waals surface area contributed by atoms with Crippen molar-refractivity contribution in [3.8, 4) is 0 Å². The molecule has 0 spiro atoms. The lowest BCUT2D eigenvalue weighted by molar-refractivity contribution is 0.334. The molecule has 6 nitrogen and oxygen atoms in total. The molecule has 0 bridgehead atoms. The molecule has 136 valence electrons. The van der Waals surface area contributed by atoms with Crippen molar-refractivity contribution in [1.29, 1.82) is 0 Å².